The van der Waals surface area contributed by atoms with Gasteiger partial charge in [0.2, 0.25) is 0 Å². The maximum absolute atomic E-state index is 12.1. The van der Waals surface area contributed by atoms with Crippen LogP contribution in [0.3, 0.4) is 0 Å². The number of carbonyl (C=O) groups is 1. The summed E-state index contributed by atoms with van der Waals surface area (Å²) in [5, 5.41) is 2.84. The highest BCUT2D eigenvalue weighted by atomic mass is 16.5. The van der Waals surface area contributed by atoms with E-state index in [4.69, 9.17) is 9.15 Å². The Bertz CT molecular complexity index is 607. The number of nitrogens with zero attached hydrogens (tertiary/aromatic N) is 1. The molecule has 2 heterocycles. The smallest absolute Gasteiger partial charge is 0.251 e. The van der Waals surface area contributed by atoms with Gasteiger partial charge in [-0.3, -0.25) is 4.79 Å². The number of furan rings is 1. The monoisotopic (exact) mass is 300 g/mol. The van der Waals surface area contributed by atoms with E-state index in [2.05, 4.69) is 10.2 Å². The first kappa shape index (κ1) is 14.7. The summed E-state index contributed by atoms with van der Waals surface area (Å²) in [6.45, 7) is 2.29. The Morgan fingerprint density at radius 3 is 2.82 bits per heavy atom. The Balaban J connectivity index is 1.58. The van der Waals surface area contributed by atoms with Gasteiger partial charge in [-0.05, 0) is 42.8 Å². The second-order valence-electron chi connectivity index (χ2n) is 5.40. The summed E-state index contributed by atoms with van der Waals surface area (Å²) in [6.07, 6.45) is 2.94. The topological polar surface area (TPSA) is 54.7 Å². The molecule has 5 heteroatoms. The molecule has 5 nitrogen and oxygen atoms in total. The normalized spacial score (nSPS) is 17.7. The second kappa shape index (κ2) is 6.66. The lowest BCUT2D eigenvalue weighted by Gasteiger charge is -2.18. The Morgan fingerprint density at radius 2 is 2.18 bits per heavy atom. The van der Waals surface area contributed by atoms with Crippen molar-refractivity contribution in [2.24, 2.45) is 0 Å². The van der Waals surface area contributed by atoms with E-state index in [1.807, 2.05) is 30.3 Å². The van der Waals surface area contributed by atoms with Gasteiger partial charge in [-0.15, -0.1) is 0 Å². The van der Waals surface area contributed by atoms with E-state index in [9.17, 15) is 4.79 Å². The third-order valence-corrected chi connectivity index (χ3v) is 3.98. The van der Waals surface area contributed by atoms with Gasteiger partial charge in [0.25, 0.3) is 5.91 Å². The van der Waals surface area contributed by atoms with E-state index in [1.54, 1.807) is 19.4 Å². The quantitative estimate of drug-likeness (QED) is 0.921. The van der Waals surface area contributed by atoms with E-state index in [1.165, 1.54) is 0 Å². The molecule has 0 aliphatic carbocycles. The van der Waals surface area contributed by atoms with Gasteiger partial charge in [-0.25, -0.2) is 0 Å². The number of hydrogen-bond acceptors (Lipinski definition) is 4. The molecular weight excluding hydrogens is 280 g/mol. The predicted octanol–water partition coefficient (Wildman–Crippen LogP) is 2.43. The van der Waals surface area contributed by atoms with Gasteiger partial charge in [0.05, 0.1) is 18.9 Å². The van der Waals surface area contributed by atoms with Crippen LogP contribution in [0.15, 0.2) is 47.1 Å². The number of rotatable bonds is 5. The molecule has 0 bridgehead atoms. The molecule has 2 aromatic rings. The predicted molar refractivity (Wildman–Crippen MR) is 83.9 cm³/mol. The maximum Gasteiger partial charge on any atom is 0.251 e. The van der Waals surface area contributed by atoms with Crippen LogP contribution in [0.1, 0.15) is 22.5 Å². The van der Waals surface area contributed by atoms with Crippen molar-refractivity contribution in [1.82, 2.24) is 5.32 Å². The summed E-state index contributed by atoms with van der Waals surface area (Å²) in [6, 6.07) is 11.3. The first-order chi connectivity index (χ1) is 10.8. The Hall–Kier alpha value is -2.27. The number of hydrogen-bond donors (Lipinski definition) is 1. The van der Waals surface area contributed by atoms with Gasteiger partial charge in [-0.1, -0.05) is 0 Å². The molecule has 3 rings (SSSR count). The molecule has 116 valence electrons. The van der Waals surface area contributed by atoms with Crippen molar-refractivity contribution < 1.29 is 13.9 Å². The van der Waals surface area contributed by atoms with Crippen LogP contribution in [-0.2, 0) is 11.3 Å². The van der Waals surface area contributed by atoms with E-state index in [-0.39, 0.29) is 5.91 Å². The summed E-state index contributed by atoms with van der Waals surface area (Å²) in [7, 11) is 1.75. The maximum atomic E-state index is 12.1. The van der Waals surface area contributed by atoms with Crippen molar-refractivity contribution in [3.8, 4) is 0 Å². The van der Waals surface area contributed by atoms with Crippen LogP contribution in [0.4, 0.5) is 5.69 Å². The summed E-state index contributed by atoms with van der Waals surface area (Å²) in [5.74, 6) is 0.645. The zero-order valence-electron chi connectivity index (χ0n) is 12.6. The Morgan fingerprint density at radius 1 is 1.36 bits per heavy atom. The fraction of sp³-hybridized carbons (Fsp3) is 0.353. The van der Waals surface area contributed by atoms with Crippen LogP contribution >= 0.6 is 0 Å². The van der Waals surface area contributed by atoms with Crippen molar-refractivity contribution in [3.63, 3.8) is 0 Å². The number of carbonyl (C=O) groups excluding carboxylic acids is 1. The number of benzene rings is 1. The number of methoxy groups -OCH3 is 1. The molecule has 1 aromatic carbocycles. The van der Waals surface area contributed by atoms with Crippen LogP contribution in [0.2, 0.25) is 0 Å². The average Bonchev–Trinajstić information content (AvgIpc) is 3.24. The first-order valence-electron chi connectivity index (χ1n) is 7.44. The molecule has 0 radical (unpaired) electrons. The lowest BCUT2D eigenvalue weighted by molar-refractivity contribution is 0.0948. The Kier molecular flexibility index (Phi) is 4.44. The molecule has 1 fully saturated rings. The largest absolute Gasteiger partial charge is 0.467 e. The molecule has 0 saturated carbocycles. The number of anilines is 1. The molecular formula is C17H20N2O3. The van der Waals surface area contributed by atoms with Crippen LogP contribution in [-0.4, -0.2) is 32.2 Å². The fourth-order valence-electron chi connectivity index (χ4n) is 2.66. The number of nitrogens with one attached hydrogen (secondary N) is 1. The van der Waals surface area contributed by atoms with Crippen LogP contribution in [0.5, 0.6) is 0 Å². The first-order valence-corrected chi connectivity index (χ1v) is 7.44. The van der Waals surface area contributed by atoms with E-state index < -0.39 is 0 Å². The molecule has 1 unspecified atom stereocenters. The highest BCUT2D eigenvalue weighted by molar-refractivity contribution is 5.94. The highest BCUT2D eigenvalue weighted by Gasteiger charge is 2.22. The standard InChI is InChI=1S/C17H20N2O3/c1-21-16-8-9-19(12-16)14-6-4-13(5-7-14)17(20)18-11-15-3-2-10-22-15/h2-7,10,16H,8-9,11-12H2,1H3,(H,18,20). The average molecular weight is 300 g/mol. The summed E-state index contributed by atoms with van der Waals surface area (Å²) < 4.78 is 10.6. The third-order valence-electron chi connectivity index (χ3n) is 3.98. The SMILES string of the molecule is COC1CCN(c2ccc(C(=O)NCc3ccco3)cc2)C1. The summed E-state index contributed by atoms with van der Waals surface area (Å²) in [4.78, 5) is 14.4. The van der Waals surface area contributed by atoms with Gasteiger partial charge in [0.1, 0.15) is 5.76 Å². The molecule has 1 amide bonds. The van der Waals surface area contributed by atoms with E-state index in [0.29, 0.717) is 18.2 Å². The van der Waals surface area contributed by atoms with Crippen molar-refractivity contribution in [2.75, 3.05) is 25.1 Å². The van der Waals surface area contributed by atoms with Crippen molar-refractivity contribution >= 4 is 11.6 Å². The number of amides is 1. The second-order valence-corrected chi connectivity index (χ2v) is 5.40. The minimum Gasteiger partial charge on any atom is -0.467 e. The molecule has 1 aliphatic rings. The molecule has 0 spiro atoms. The minimum atomic E-state index is -0.0980. The van der Waals surface area contributed by atoms with Crippen molar-refractivity contribution in [2.45, 2.75) is 19.1 Å². The molecule has 1 saturated heterocycles. The van der Waals surface area contributed by atoms with Crippen LogP contribution in [0, 0.1) is 0 Å². The van der Waals surface area contributed by atoms with Gasteiger partial charge in [-0.2, -0.15) is 0 Å². The van der Waals surface area contributed by atoms with Gasteiger partial charge < -0.3 is 19.4 Å². The zero-order valence-corrected chi connectivity index (χ0v) is 12.6. The highest BCUT2D eigenvalue weighted by Crippen LogP contribution is 2.22. The summed E-state index contributed by atoms with van der Waals surface area (Å²) in [5.41, 5.74) is 1.78. The zero-order chi connectivity index (χ0) is 15.4. The molecule has 1 aliphatic heterocycles. The molecule has 22 heavy (non-hydrogen) atoms. The van der Waals surface area contributed by atoms with E-state index in [0.717, 1.165) is 31.0 Å². The molecule has 1 aromatic heterocycles. The third kappa shape index (κ3) is 3.31. The molecule has 1 atom stereocenters. The van der Waals surface area contributed by atoms with Crippen molar-refractivity contribution in [3.05, 3.63) is 54.0 Å². The lowest BCUT2D eigenvalue weighted by Crippen LogP contribution is -2.24. The van der Waals surface area contributed by atoms with Gasteiger partial charge >= 0.3 is 0 Å². The van der Waals surface area contributed by atoms with Crippen LogP contribution in [0.25, 0.3) is 0 Å². The van der Waals surface area contributed by atoms with Crippen molar-refractivity contribution in [1.29, 1.82) is 0 Å². The van der Waals surface area contributed by atoms with Gasteiger partial charge in [0, 0.05) is 31.5 Å². The molecule has 1 N–H and O–H groups in total. The van der Waals surface area contributed by atoms with E-state index >= 15 is 0 Å². The van der Waals surface area contributed by atoms with Gasteiger partial charge in [0.15, 0.2) is 0 Å². The Labute approximate surface area is 129 Å². The summed E-state index contributed by atoms with van der Waals surface area (Å²) >= 11 is 0. The fourth-order valence-corrected chi connectivity index (χ4v) is 2.66. The lowest BCUT2D eigenvalue weighted by atomic mass is 10.2. The number of ether oxygens (including phenoxy) is 1. The minimum absolute atomic E-state index is 0.0980. The van der Waals surface area contributed by atoms with Crippen LogP contribution < -0.4 is 10.2 Å².